The maximum atomic E-state index is 12.6. The molecule has 1 unspecified atom stereocenters. The number of anilines is 1. The molecule has 8 nitrogen and oxygen atoms in total. The smallest absolute Gasteiger partial charge is 0.253 e. The number of benzene rings is 2. The minimum absolute atomic E-state index is 0.225. The molecule has 1 atom stereocenters. The van der Waals surface area contributed by atoms with Crippen LogP contribution in [0.3, 0.4) is 0 Å². The van der Waals surface area contributed by atoms with Crippen LogP contribution < -0.4 is 10.7 Å². The van der Waals surface area contributed by atoms with E-state index in [2.05, 4.69) is 31.0 Å². The van der Waals surface area contributed by atoms with E-state index in [1.807, 2.05) is 72.2 Å². The highest BCUT2D eigenvalue weighted by molar-refractivity contribution is 8.00. The Balaban J connectivity index is 1.47. The van der Waals surface area contributed by atoms with Crippen molar-refractivity contribution in [3.8, 4) is 5.69 Å². The quantitative estimate of drug-likeness (QED) is 0.225. The molecule has 0 bridgehead atoms. The Morgan fingerprint density at radius 1 is 1.03 bits per heavy atom. The molecule has 2 aromatic heterocycles. The Morgan fingerprint density at radius 3 is 2.45 bits per heavy atom. The number of para-hydroxylation sites is 2. The van der Waals surface area contributed by atoms with E-state index < -0.39 is 5.25 Å². The van der Waals surface area contributed by atoms with E-state index in [9.17, 15) is 4.79 Å². The summed E-state index contributed by atoms with van der Waals surface area (Å²) in [6, 6.07) is 23.4. The van der Waals surface area contributed by atoms with Crippen molar-refractivity contribution in [2.24, 2.45) is 5.10 Å². The Bertz CT molecular complexity index is 1200. The fourth-order valence-electron chi connectivity index (χ4n) is 2.99. The first-order valence-corrected chi connectivity index (χ1v) is 11.3. The Morgan fingerprint density at radius 2 is 1.73 bits per heavy atom. The molecule has 0 saturated heterocycles. The zero-order valence-corrected chi connectivity index (χ0v) is 18.8. The number of nitrogens with one attached hydrogen (secondary N) is 2. The second-order valence-electron chi connectivity index (χ2n) is 7.06. The summed E-state index contributed by atoms with van der Waals surface area (Å²) in [7, 11) is 0. The first-order valence-electron chi connectivity index (χ1n) is 10.4. The Kier molecular flexibility index (Phi) is 7.44. The standard InChI is InChI=1S/C24H23N7OS/c1-18(23(32)29-27-16-19-12-14-25-15-13-19)33-24-30-28-22(17-26-20-8-4-2-5-9-20)31(24)21-10-6-3-7-11-21/h2-16,18,26H,17H2,1H3,(H,29,32)/b27-16+. The molecule has 33 heavy (non-hydrogen) atoms. The van der Waals surface area contributed by atoms with Gasteiger partial charge in [0.1, 0.15) is 0 Å². The molecule has 2 N–H and O–H groups in total. The van der Waals surface area contributed by atoms with Crippen molar-refractivity contribution in [2.75, 3.05) is 5.32 Å². The number of nitrogens with zero attached hydrogens (tertiary/aromatic N) is 5. The first kappa shape index (κ1) is 22.2. The van der Waals surface area contributed by atoms with Gasteiger partial charge in [0.05, 0.1) is 18.0 Å². The predicted octanol–water partition coefficient (Wildman–Crippen LogP) is 3.91. The van der Waals surface area contributed by atoms with Crippen LogP contribution >= 0.6 is 11.8 Å². The van der Waals surface area contributed by atoms with Crippen LogP contribution in [0.5, 0.6) is 0 Å². The first-order chi connectivity index (χ1) is 16.2. The number of hydrogen-bond donors (Lipinski definition) is 2. The summed E-state index contributed by atoms with van der Waals surface area (Å²) >= 11 is 1.33. The summed E-state index contributed by atoms with van der Waals surface area (Å²) in [4.78, 5) is 16.5. The molecule has 0 aliphatic heterocycles. The highest BCUT2D eigenvalue weighted by Gasteiger charge is 2.21. The average molecular weight is 458 g/mol. The fourth-order valence-corrected chi connectivity index (χ4v) is 3.87. The topological polar surface area (TPSA) is 97.1 Å². The number of rotatable bonds is 9. The van der Waals surface area contributed by atoms with Gasteiger partial charge >= 0.3 is 0 Å². The molecule has 4 aromatic rings. The van der Waals surface area contributed by atoms with Crippen LogP contribution in [0.15, 0.2) is 95.4 Å². The average Bonchev–Trinajstić information content (AvgIpc) is 3.26. The molecule has 0 spiro atoms. The van der Waals surface area contributed by atoms with E-state index in [0.29, 0.717) is 11.7 Å². The van der Waals surface area contributed by atoms with Crippen LogP contribution in [0.25, 0.3) is 5.69 Å². The summed E-state index contributed by atoms with van der Waals surface area (Å²) in [5, 5.41) is 16.4. The number of amides is 1. The third-order valence-corrected chi connectivity index (χ3v) is 5.73. The molecule has 166 valence electrons. The molecule has 2 aromatic carbocycles. The van der Waals surface area contributed by atoms with Crippen molar-refractivity contribution in [3.63, 3.8) is 0 Å². The molecule has 4 rings (SSSR count). The molecule has 9 heteroatoms. The third-order valence-electron chi connectivity index (χ3n) is 4.69. The molecule has 2 heterocycles. The minimum Gasteiger partial charge on any atom is -0.378 e. The lowest BCUT2D eigenvalue weighted by Crippen LogP contribution is -2.27. The molecule has 0 saturated carbocycles. The van der Waals surface area contributed by atoms with Crippen molar-refractivity contribution in [1.29, 1.82) is 0 Å². The summed E-state index contributed by atoms with van der Waals surface area (Å²) in [6.07, 6.45) is 4.92. The van der Waals surface area contributed by atoms with Gasteiger partial charge in [-0.15, -0.1) is 10.2 Å². The van der Waals surface area contributed by atoms with Crippen molar-refractivity contribution < 1.29 is 4.79 Å². The number of thioether (sulfide) groups is 1. The van der Waals surface area contributed by atoms with Crippen molar-refractivity contribution in [3.05, 3.63) is 96.6 Å². The number of carbonyl (C=O) groups is 1. The molecule has 1 amide bonds. The highest BCUT2D eigenvalue weighted by atomic mass is 32.2. The van der Waals surface area contributed by atoms with Crippen LogP contribution in [0.4, 0.5) is 5.69 Å². The van der Waals surface area contributed by atoms with Crippen molar-refractivity contribution in [1.82, 2.24) is 25.2 Å². The van der Waals surface area contributed by atoms with Crippen LogP contribution in [0.2, 0.25) is 0 Å². The Hall–Kier alpha value is -3.98. The van der Waals surface area contributed by atoms with Gasteiger partial charge in [-0.05, 0) is 48.9 Å². The van der Waals surface area contributed by atoms with Gasteiger partial charge in [0.25, 0.3) is 5.91 Å². The normalized spacial score (nSPS) is 11.9. The van der Waals surface area contributed by atoms with Gasteiger partial charge in [0, 0.05) is 23.8 Å². The second-order valence-corrected chi connectivity index (χ2v) is 8.37. The molecule has 0 radical (unpaired) electrons. The van der Waals surface area contributed by atoms with E-state index in [1.165, 1.54) is 11.8 Å². The van der Waals surface area contributed by atoms with Gasteiger partial charge in [-0.2, -0.15) is 5.10 Å². The summed E-state index contributed by atoms with van der Waals surface area (Å²) in [5.41, 5.74) is 5.36. The highest BCUT2D eigenvalue weighted by Crippen LogP contribution is 2.26. The summed E-state index contributed by atoms with van der Waals surface area (Å²) in [6.45, 7) is 2.30. The van der Waals surface area contributed by atoms with Crippen LogP contribution in [-0.2, 0) is 11.3 Å². The number of aromatic nitrogens is 4. The SMILES string of the molecule is CC(Sc1nnc(CNc2ccccc2)n1-c1ccccc1)C(=O)N/N=C/c1ccncc1. The molecular formula is C24H23N7OS. The van der Waals surface area contributed by atoms with Crippen molar-refractivity contribution in [2.45, 2.75) is 23.9 Å². The molecular weight excluding hydrogens is 434 g/mol. The second kappa shape index (κ2) is 11.1. The maximum absolute atomic E-state index is 12.6. The Labute approximate surface area is 196 Å². The molecule has 0 aliphatic rings. The van der Waals surface area contributed by atoms with E-state index in [-0.39, 0.29) is 5.91 Å². The van der Waals surface area contributed by atoms with E-state index in [0.717, 1.165) is 22.8 Å². The number of hydrogen-bond acceptors (Lipinski definition) is 7. The van der Waals surface area contributed by atoms with Gasteiger partial charge in [-0.3, -0.25) is 14.3 Å². The number of pyridine rings is 1. The zero-order chi connectivity index (χ0) is 22.9. The predicted molar refractivity (Wildman–Crippen MR) is 130 cm³/mol. The zero-order valence-electron chi connectivity index (χ0n) is 18.0. The lowest BCUT2D eigenvalue weighted by atomic mass is 10.3. The van der Waals surface area contributed by atoms with Gasteiger partial charge in [0.15, 0.2) is 11.0 Å². The van der Waals surface area contributed by atoms with Gasteiger partial charge in [-0.25, -0.2) is 5.43 Å². The lowest BCUT2D eigenvalue weighted by Gasteiger charge is -2.13. The maximum Gasteiger partial charge on any atom is 0.253 e. The van der Waals surface area contributed by atoms with E-state index in [1.54, 1.807) is 30.7 Å². The number of carbonyl (C=O) groups excluding carboxylic acids is 1. The van der Waals surface area contributed by atoms with E-state index >= 15 is 0 Å². The molecule has 0 aliphatic carbocycles. The van der Waals surface area contributed by atoms with Gasteiger partial charge in [0.2, 0.25) is 0 Å². The monoisotopic (exact) mass is 457 g/mol. The summed E-state index contributed by atoms with van der Waals surface area (Å²) < 4.78 is 1.96. The molecule has 0 fully saturated rings. The van der Waals surface area contributed by atoms with Gasteiger partial charge in [-0.1, -0.05) is 48.2 Å². The third kappa shape index (κ3) is 6.05. The fraction of sp³-hybridized carbons (Fsp3) is 0.125. The summed E-state index contributed by atoms with van der Waals surface area (Å²) in [5.74, 6) is 0.521. The van der Waals surface area contributed by atoms with Crippen LogP contribution in [0, 0.1) is 0 Å². The van der Waals surface area contributed by atoms with Gasteiger partial charge < -0.3 is 5.32 Å². The van der Waals surface area contributed by atoms with Crippen LogP contribution in [-0.4, -0.2) is 37.1 Å². The van der Waals surface area contributed by atoms with E-state index in [4.69, 9.17) is 0 Å². The largest absolute Gasteiger partial charge is 0.378 e. The van der Waals surface area contributed by atoms with Crippen LogP contribution in [0.1, 0.15) is 18.3 Å². The van der Waals surface area contributed by atoms with Crippen molar-refractivity contribution >= 4 is 29.6 Å². The minimum atomic E-state index is -0.429. The lowest BCUT2D eigenvalue weighted by molar-refractivity contribution is -0.120. The number of hydrazone groups is 1.